The number of halogens is 2. The van der Waals surface area contributed by atoms with Gasteiger partial charge in [0.05, 0.1) is 22.0 Å². The van der Waals surface area contributed by atoms with E-state index in [1.165, 1.54) is 11.8 Å². The van der Waals surface area contributed by atoms with Crippen LogP contribution in [-0.4, -0.2) is 31.5 Å². The molecule has 0 unspecified atom stereocenters. The fraction of sp³-hybridized carbons (Fsp3) is 0.0455. The number of rotatable bonds is 6. The zero-order chi connectivity index (χ0) is 21.8. The Morgan fingerprint density at radius 1 is 1.00 bits per heavy atom. The van der Waals surface area contributed by atoms with Gasteiger partial charge in [-0.15, -0.1) is 10.2 Å². The van der Waals surface area contributed by atoms with E-state index in [9.17, 15) is 9.90 Å². The van der Waals surface area contributed by atoms with Crippen LogP contribution in [0.4, 0.5) is 5.69 Å². The van der Waals surface area contributed by atoms with Gasteiger partial charge in [0.1, 0.15) is 5.75 Å². The van der Waals surface area contributed by atoms with Crippen molar-refractivity contribution in [2.75, 3.05) is 11.1 Å². The average Bonchev–Trinajstić information content (AvgIpc) is 3.19. The summed E-state index contributed by atoms with van der Waals surface area (Å²) in [6.45, 7) is 0. The van der Waals surface area contributed by atoms with Crippen LogP contribution >= 0.6 is 35.0 Å². The third-order valence-corrected chi connectivity index (χ3v) is 5.81. The van der Waals surface area contributed by atoms with Crippen LogP contribution in [-0.2, 0) is 4.79 Å². The molecule has 156 valence electrons. The maximum absolute atomic E-state index is 12.5. The molecule has 1 heterocycles. The van der Waals surface area contributed by atoms with Crippen molar-refractivity contribution in [3.05, 3.63) is 82.8 Å². The van der Waals surface area contributed by atoms with Gasteiger partial charge in [0.2, 0.25) is 5.91 Å². The molecule has 31 heavy (non-hydrogen) atoms. The minimum atomic E-state index is -0.249. The third kappa shape index (κ3) is 4.85. The molecule has 0 atom stereocenters. The number of nitrogens with one attached hydrogen (secondary N) is 1. The summed E-state index contributed by atoms with van der Waals surface area (Å²) in [5.74, 6) is 0.415. The van der Waals surface area contributed by atoms with Crippen molar-refractivity contribution >= 4 is 46.6 Å². The molecule has 0 radical (unpaired) electrons. The second-order valence-electron chi connectivity index (χ2n) is 6.46. The molecular weight excluding hydrogens is 455 g/mol. The summed E-state index contributed by atoms with van der Waals surface area (Å²) in [5.41, 5.74) is 1.84. The first-order valence-electron chi connectivity index (χ1n) is 9.20. The van der Waals surface area contributed by atoms with E-state index in [1.54, 1.807) is 36.4 Å². The number of phenolic OH excluding ortho intramolecular Hbond substituents is 1. The van der Waals surface area contributed by atoms with Gasteiger partial charge < -0.3 is 10.4 Å². The van der Waals surface area contributed by atoms with E-state index < -0.39 is 0 Å². The van der Waals surface area contributed by atoms with Gasteiger partial charge in [0.25, 0.3) is 0 Å². The summed E-state index contributed by atoms with van der Waals surface area (Å²) in [6, 6.07) is 21.3. The van der Waals surface area contributed by atoms with Gasteiger partial charge in [0.15, 0.2) is 11.0 Å². The molecule has 0 saturated carbocycles. The van der Waals surface area contributed by atoms with Gasteiger partial charge in [-0.1, -0.05) is 65.3 Å². The number of carbonyl (C=O) groups is 1. The van der Waals surface area contributed by atoms with E-state index in [1.807, 2.05) is 41.0 Å². The highest BCUT2D eigenvalue weighted by molar-refractivity contribution is 7.99. The molecule has 0 fully saturated rings. The molecule has 0 aliphatic rings. The zero-order valence-electron chi connectivity index (χ0n) is 16.0. The smallest absolute Gasteiger partial charge is 0.234 e. The number of phenols is 1. The van der Waals surface area contributed by atoms with E-state index in [4.69, 9.17) is 23.2 Å². The molecule has 4 rings (SSSR count). The molecule has 0 aliphatic heterocycles. The molecule has 1 amide bonds. The molecule has 4 aromatic rings. The van der Waals surface area contributed by atoms with Crippen molar-refractivity contribution < 1.29 is 9.90 Å². The highest BCUT2D eigenvalue weighted by Gasteiger charge is 2.19. The SMILES string of the molecule is O=C(CSc1nnc(-c2ccccc2O)n1-c1ccccc1)Nc1ccc(Cl)cc1Cl. The first kappa shape index (κ1) is 21.2. The number of nitrogens with zero attached hydrogens (tertiary/aromatic N) is 3. The third-order valence-electron chi connectivity index (χ3n) is 4.33. The van der Waals surface area contributed by atoms with Crippen LogP contribution in [0.1, 0.15) is 0 Å². The Kier molecular flexibility index (Phi) is 6.46. The minimum Gasteiger partial charge on any atom is -0.507 e. The molecule has 3 aromatic carbocycles. The molecule has 0 spiro atoms. The van der Waals surface area contributed by atoms with Gasteiger partial charge in [0, 0.05) is 10.7 Å². The second-order valence-corrected chi connectivity index (χ2v) is 8.24. The highest BCUT2D eigenvalue weighted by atomic mass is 35.5. The number of anilines is 1. The topological polar surface area (TPSA) is 80.0 Å². The van der Waals surface area contributed by atoms with E-state index in [0.717, 1.165) is 5.69 Å². The number of para-hydroxylation sites is 2. The highest BCUT2D eigenvalue weighted by Crippen LogP contribution is 2.33. The molecule has 9 heteroatoms. The first-order valence-corrected chi connectivity index (χ1v) is 10.9. The van der Waals surface area contributed by atoms with Gasteiger partial charge in [-0.05, 0) is 42.5 Å². The predicted molar refractivity (Wildman–Crippen MR) is 124 cm³/mol. The number of carbonyl (C=O) groups excluding carboxylic acids is 1. The number of hydrogen-bond donors (Lipinski definition) is 2. The maximum Gasteiger partial charge on any atom is 0.234 e. The number of thioether (sulfide) groups is 1. The van der Waals surface area contributed by atoms with Crippen molar-refractivity contribution in [2.24, 2.45) is 0 Å². The summed E-state index contributed by atoms with van der Waals surface area (Å²) in [6.07, 6.45) is 0. The van der Waals surface area contributed by atoms with Crippen LogP contribution in [0, 0.1) is 0 Å². The lowest BCUT2D eigenvalue weighted by molar-refractivity contribution is -0.113. The van der Waals surface area contributed by atoms with Crippen molar-refractivity contribution in [1.29, 1.82) is 0 Å². The van der Waals surface area contributed by atoms with Crippen LogP contribution in [0.2, 0.25) is 10.0 Å². The lowest BCUT2D eigenvalue weighted by Gasteiger charge is -2.11. The summed E-state index contributed by atoms with van der Waals surface area (Å²) in [5, 5.41) is 23.0. The molecule has 0 saturated heterocycles. The average molecular weight is 471 g/mol. The number of aromatic nitrogens is 3. The van der Waals surface area contributed by atoms with Crippen LogP contribution in [0.3, 0.4) is 0 Å². The van der Waals surface area contributed by atoms with E-state index in [-0.39, 0.29) is 17.4 Å². The standard InChI is InChI=1S/C22H16Cl2N4O2S/c23-14-10-11-18(17(24)12-14)25-20(30)13-31-22-27-26-21(16-8-4-5-9-19(16)29)28(22)15-6-2-1-3-7-15/h1-12,29H,13H2,(H,25,30). The largest absolute Gasteiger partial charge is 0.507 e. The number of benzene rings is 3. The number of aromatic hydroxyl groups is 1. The maximum atomic E-state index is 12.5. The molecule has 0 aliphatic carbocycles. The van der Waals surface area contributed by atoms with Gasteiger partial charge >= 0.3 is 0 Å². The Labute approximate surface area is 192 Å². The van der Waals surface area contributed by atoms with Gasteiger partial charge in [-0.3, -0.25) is 9.36 Å². The van der Waals surface area contributed by atoms with Gasteiger partial charge in [-0.2, -0.15) is 0 Å². The fourth-order valence-corrected chi connectivity index (χ4v) is 4.13. The summed E-state index contributed by atoms with van der Waals surface area (Å²) in [4.78, 5) is 12.5. The van der Waals surface area contributed by atoms with Crippen LogP contribution in [0.25, 0.3) is 17.1 Å². The number of hydrogen-bond acceptors (Lipinski definition) is 5. The van der Waals surface area contributed by atoms with E-state index in [2.05, 4.69) is 15.5 Å². The molecule has 1 aromatic heterocycles. The summed E-state index contributed by atoms with van der Waals surface area (Å²) >= 11 is 13.2. The normalized spacial score (nSPS) is 10.8. The van der Waals surface area contributed by atoms with Crippen LogP contribution in [0.5, 0.6) is 5.75 Å². The minimum absolute atomic E-state index is 0.0880. The van der Waals surface area contributed by atoms with E-state index in [0.29, 0.717) is 32.3 Å². The van der Waals surface area contributed by atoms with Crippen LogP contribution < -0.4 is 5.32 Å². The molecule has 2 N–H and O–H groups in total. The quantitative estimate of drug-likeness (QED) is 0.354. The second kappa shape index (κ2) is 9.43. The zero-order valence-corrected chi connectivity index (χ0v) is 18.3. The molecule has 6 nitrogen and oxygen atoms in total. The fourth-order valence-electron chi connectivity index (χ4n) is 2.92. The van der Waals surface area contributed by atoms with Crippen molar-refractivity contribution in [1.82, 2.24) is 14.8 Å². The number of amides is 1. The van der Waals surface area contributed by atoms with Crippen molar-refractivity contribution in [3.63, 3.8) is 0 Å². The molecule has 0 bridgehead atoms. The summed E-state index contributed by atoms with van der Waals surface area (Å²) < 4.78 is 1.81. The van der Waals surface area contributed by atoms with Crippen molar-refractivity contribution in [3.8, 4) is 22.8 Å². The monoisotopic (exact) mass is 470 g/mol. The predicted octanol–water partition coefficient (Wildman–Crippen LogP) is 5.68. The van der Waals surface area contributed by atoms with Gasteiger partial charge in [-0.25, -0.2) is 0 Å². The lowest BCUT2D eigenvalue weighted by atomic mass is 10.2. The van der Waals surface area contributed by atoms with E-state index >= 15 is 0 Å². The van der Waals surface area contributed by atoms with Crippen LogP contribution in [0.15, 0.2) is 78.0 Å². The molecular formula is C22H16Cl2N4O2S. The Bertz CT molecular complexity index is 1230. The first-order chi connectivity index (χ1) is 15.0. The Morgan fingerprint density at radius 2 is 1.74 bits per heavy atom. The Hall–Kier alpha value is -3.00. The Balaban J connectivity index is 1.60. The Morgan fingerprint density at radius 3 is 2.48 bits per heavy atom. The summed E-state index contributed by atoms with van der Waals surface area (Å²) in [7, 11) is 0. The van der Waals surface area contributed by atoms with Crippen molar-refractivity contribution in [2.45, 2.75) is 5.16 Å². The lowest BCUT2D eigenvalue weighted by Crippen LogP contribution is -2.15.